The number of hydrogen-bond acceptors (Lipinski definition) is 5. The van der Waals surface area contributed by atoms with Crippen LogP contribution in [-0.2, 0) is 13.6 Å². The summed E-state index contributed by atoms with van der Waals surface area (Å²) in [6.07, 6.45) is 6.66. The highest BCUT2D eigenvalue weighted by Gasteiger charge is 2.49. The number of piperidine rings is 1. The van der Waals surface area contributed by atoms with Gasteiger partial charge in [0.05, 0.1) is 18.3 Å². The van der Waals surface area contributed by atoms with Crippen molar-refractivity contribution in [1.82, 2.24) is 28.9 Å². The predicted molar refractivity (Wildman–Crippen MR) is 144 cm³/mol. The monoisotopic (exact) mass is 498 g/mol. The summed E-state index contributed by atoms with van der Waals surface area (Å²) in [5.41, 5.74) is 4.39. The number of rotatable bonds is 6. The number of likely N-dealkylation sites (tertiary alicyclic amines) is 1. The number of methoxy groups -OCH3 is 1. The summed E-state index contributed by atoms with van der Waals surface area (Å²) < 4.78 is 10.2. The van der Waals surface area contributed by atoms with E-state index in [-0.39, 0.29) is 11.9 Å². The summed E-state index contributed by atoms with van der Waals surface area (Å²) >= 11 is 0. The van der Waals surface area contributed by atoms with Crippen LogP contribution >= 0.6 is 0 Å². The summed E-state index contributed by atoms with van der Waals surface area (Å²) in [5, 5.41) is 1.12. The van der Waals surface area contributed by atoms with Gasteiger partial charge < -0.3 is 23.7 Å². The number of aryl methyl sites for hydroxylation is 1. The number of fused-ring (bicyclic) bond motifs is 4. The Morgan fingerprint density at radius 1 is 1.16 bits per heavy atom. The Labute approximate surface area is 216 Å². The molecule has 2 bridgehead atoms. The molecule has 4 heterocycles. The van der Waals surface area contributed by atoms with Gasteiger partial charge in [0.2, 0.25) is 0 Å². The third-order valence-electron chi connectivity index (χ3n) is 8.82. The summed E-state index contributed by atoms with van der Waals surface area (Å²) in [7, 11) is 7.96. The molecule has 8 heteroatoms. The molecule has 0 radical (unpaired) electrons. The molecule has 1 amide bonds. The van der Waals surface area contributed by atoms with Gasteiger partial charge in [-0.1, -0.05) is 0 Å². The van der Waals surface area contributed by atoms with Crippen LogP contribution in [0.25, 0.3) is 33.6 Å². The van der Waals surface area contributed by atoms with Crippen LogP contribution in [0, 0.1) is 11.8 Å². The molecule has 3 aromatic heterocycles. The normalized spacial score (nSPS) is 23.2. The van der Waals surface area contributed by atoms with E-state index in [9.17, 15) is 4.79 Å². The van der Waals surface area contributed by atoms with Crippen molar-refractivity contribution in [3.8, 4) is 17.3 Å². The van der Waals surface area contributed by atoms with E-state index >= 15 is 0 Å². The first-order chi connectivity index (χ1) is 17.9. The minimum Gasteiger partial charge on any atom is -0.494 e. The Bertz CT molecular complexity index is 1530. The van der Waals surface area contributed by atoms with E-state index < -0.39 is 0 Å². The van der Waals surface area contributed by atoms with Crippen LogP contribution in [0.4, 0.5) is 0 Å². The number of imidazole rings is 1. The Balaban J connectivity index is 1.32. The van der Waals surface area contributed by atoms with Crippen molar-refractivity contribution in [2.45, 2.75) is 44.3 Å². The van der Waals surface area contributed by atoms with Gasteiger partial charge in [-0.2, -0.15) is 0 Å². The highest BCUT2D eigenvalue weighted by Crippen LogP contribution is 2.42. The maximum absolute atomic E-state index is 13.8. The molecule has 0 spiro atoms. The zero-order valence-electron chi connectivity index (χ0n) is 22.0. The fourth-order valence-corrected chi connectivity index (χ4v) is 6.97. The summed E-state index contributed by atoms with van der Waals surface area (Å²) in [6, 6.07) is 10.8. The van der Waals surface area contributed by atoms with Gasteiger partial charge in [-0.05, 0) is 81.9 Å². The third kappa shape index (κ3) is 3.49. The smallest absolute Gasteiger partial charge is 0.254 e. The molecule has 7 rings (SSSR count). The molecule has 3 atom stereocenters. The SMILES string of the molecule is COc1cc(C(=O)N2C[C@H]3CC[C@@H]2[C@@H]3N(C)C)cc2nc(-c3cc4cccnc4n3CC3CC3)n(C)c12. The highest BCUT2D eigenvalue weighted by molar-refractivity contribution is 6.00. The van der Waals surface area contributed by atoms with E-state index in [0.29, 0.717) is 29.2 Å². The van der Waals surface area contributed by atoms with Crippen molar-refractivity contribution < 1.29 is 9.53 Å². The average molecular weight is 499 g/mol. The van der Waals surface area contributed by atoms with Gasteiger partial charge in [-0.25, -0.2) is 9.97 Å². The Kier molecular flexibility index (Phi) is 5.12. The van der Waals surface area contributed by atoms with Gasteiger partial charge in [0.1, 0.15) is 16.9 Å². The van der Waals surface area contributed by atoms with E-state index in [2.05, 4.69) is 45.2 Å². The molecule has 3 fully saturated rings. The van der Waals surface area contributed by atoms with Crippen molar-refractivity contribution in [2.24, 2.45) is 18.9 Å². The number of benzene rings is 1. The van der Waals surface area contributed by atoms with Crippen molar-refractivity contribution in [3.63, 3.8) is 0 Å². The highest BCUT2D eigenvalue weighted by atomic mass is 16.5. The molecule has 1 saturated heterocycles. The quantitative estimate of drug-likeness (QED) is 0.399. The third-order valence-corrected chi connectivity index (χ3v) is 8.82. The van der Waals surface area contributed by atoms with E-state index in [0.717, 1.165) is 53.1 Å². The molecule has 192 valence electrons. The van der Waals surface area contributed by atoms with Gasteiger partial charge in [0, 0.05) is 49.4 Å². The minimum atomic E-state index is 0.0819. The molecular formula is C29H34N6O2. The van der Waals surface area contributed by atoms with Crippen LogP contribution in [0.3, 0.4) is 0 Å². The second-order valence-corrected chi connectivity index (χ2v) is 11.4. The van der Waals surface area contributed by atoms with E-state index in [1.165, 1.54) is 19.3 Å². The molecule has 1 aliphatic heterocycles. The van der Waals surface area contributed by atoms with Crippen molar-refractivity contribution in [3.05, 3.63) is 42.1 Å². The van der Waals surface area contributed by atoms with Crippen LogP contribution in [0.2, 0.25) is 0 Å². The molecule has 0 unspecified atom stereocenters. The number of hydrogen-bond donors (Lipinski definition) is 0. The summed E-state index contributed by atoms with van der Waals surface area (Å²) in [4.78, 5) is 27.9. The van der Waals surface area contributed by atoms with Crippen molar-refractivity contribution in [2.75, 3.05) is 27.7 Å². The van der Waals surface area contributed by atoms with Crippen LogP contribution in [-0.4, -0.2) is 74.6 Å². The molecule has 3 aliphatic rings. The lowest BCUT2D eigenvalue weighted by atomic mass is 10.1. The van der Waals surface area contributed by atoms with Crippen molar-refractivity contribution >= 4 is 28.0 Å². The maximum atomic E-state index is 13.8. The van der Waals surface area contributed by atoms with Crippen LogP contribution < -0.4 is 4.74 Å². The average Bonchev–Trinajstić information content (AvgIpc) is 3.22. The fraction of sp³-hybridized carbons (Fsp3) is 0.483. The summed E-state index contributed by atoms with van der Waals surface area (Å²) in [6.45, 7) is 1.78. The molecule has 2 saturated carbocycles. The lowest BCUT2D eigenvalue weighted by Crippen LogP contribution is -2.43. The molecule has 1 aromatic carbocycles. The number of amides is 1. The largest absolute Gasteiger partial charge is 0.494 e. The molecule has 8 nitrogen and oxygen atoms in total. The van der Waals surface area contributed by atoms with E-state index in [4.69, 9.17) is 14.7 Å². The summed E-state index contributed by atoms with van der Waals surface area (Å²) in [5.74, 6) is 2.88. The van der Waals surface area contributed by atoms with E-state index in [1.807, 2.05) is 31.4 Å². The van der Waals surface area contributed by atoms with E-state index in [1.54, 1.807) is 7.11 Å². The Hall–Kier alpha value is -3.39. The van der Waals surface area contributed by atoms with Gasteiger partial charge >= 0.3 is 0 Å². The van der Waals surface area contributed by atoms with Gasteiger partial charge in [-0.15, -0.1) is 0 Å². The van der Waals surface area contributed by atoms with Gasteiger partial charge in [0.15, 0.2) is 5.82 Å². The molecule has 2 aliphatic carbocycles. The topological polar surface area (TPSA) is 68.4 Å². The second-order valence-electron chi connectivity index (χ2n) is 11.4. The molecular weight excluding hydrogens is 464 g/mol. The second kappa shape index (κ2) is 8.31. The number of pyridine rings is 1. The first-order valence-corrected chi connectivity index (χ1v) is 13.4. The predicted octanol–water partition coefficient (Wildman–Crippen LogP) is 4.17. The fourth-order valence-electron chi connectivity index (χ4n) is 6.97. The number of carbonyl (C=O) groups is 1. The lowest BCUT2D eigenvalue weighted by molar-refractivity contribution is 0.0687. The number of nitrogens with zero attached hydrogens (tertiary/aromatic N) is 6. The number of ether oxygens (including phenoxy) is 1. The first-order valence-electron chi connectivity index (χ1n) is 13.4. The zero-order valence-corrected chi connectivity index (χ0v) is 22.0. The van der Waals surface area contributed by atoms with Crippen LogP contribution in [0.1, 0.15) is 36.0 Å². The maximum Gasteiger partial charge on any atom is 0.254 e. The van der Waals surface area contributed by atoms with Crippen LogP contribution in [0.5, 0.6) is 5.75 Å². The number of likely N-dealkylation sites (N-methyl/N-ethyl adjacent to an activating group) is 1. The van der Waals surface area contributed by atoms with Gasteiger partial charge in [-0.3, -0.25) is 4.79 Å². The Morgan fingerprint density at radius 2 is 2.00 bits per heavy atom. The minimum absolute atomic E-state index is 0.0819. The van der Waals surface area contributed by atoms with Gasteiger partial charge in [0.25, 0.3) is 5.91 Å². The number of aromatic nitrogens is 4. The zero-order chi connectivity index (χ0) is 25.4. The molecule has 37 heavy (non-hydrogen) atoms. The Morgan fingerprint density at radius 3 is 2.73 bits per heavy atom. The number of carbonyl (C=O) groups excluding carboxylic acids is 1. The van der Waals surface area contributed by atoms with Crippen LogP contribution in [0.15, 0.2) is 36.5 Å². The first kappa shape index (κ1) is 22.8. The lowest BCUT2D eigenvalue weighted by Gasteiger charge is -2.29. The standard InChI is InChI=1S/C29H34N6O2/c1-32(2)25-19-9-10-22(25)35(16-19)29(36)20-12-21-26(24(14-20)37-4)33(3)28(31-21)23-13-18-6-5-11-30-27(18)34(23)15-17-7-8-17/h5-6,11-14,17,19,22,25H,7-10,15-16H2,1-4H3/t19-,22-,25-/m1/s1. The molecule has 0 N–H and O–H groups in total. The van der Waals surface area contributed by atoms with Crippen molar-refractivity contribution in [1.29, 1.82) is 0 Å². The molecule has 4 aromatic rings.